The summed E-state index contributed by atoms with van der Waals surface area (Å²) in [5, 5.41) is 13.8. The largest absolute Gasteiger partial charge is 0.496 e. The molecule has 1 aliphatic heterocycles. The summed E-state index contributed by atoms with van der Waals surface area (Å²) in [5.41, 5.74) is 2.98. The first-order valence-corrected chi connectivity index (χ1v) is 8.55. The molecule has 6 heteroatoms. The van der Waals surface area contributed by atoms with E-state index in [1.54, 1.807) is 25.6 Å². The minimum Gasteiger partial charge on any atom is -0.496 e. The SMILES string of the molecule is COc1ccc(OC)c2c1CN(CCc1csc(C)n1)C[C@H]2O. The molecule has 0 radical (unpaired) electrons. The molecule has 0 unspecified atom stereocenters. The standard InChI is InChI=1S/C17H22N2O3S/c1-11-18-12(10-23-11)6-7-19-8-13-15(21-2)4-5-16(22-3)17(13)14(20)9-19/h4-5,10,14,20H,6-9H2,1-3H3/t14-/m1/s1. The van der Waals surface area contributed by atoms with E-state index < -0.39 is 6.10 Å². The van der Waals surface area contributed by atoms with E-state index in [9.17, 15) is 5.11 Å². The lowest BCUT2D eigenvalue weighted by atomic mass is 9.95. The van der Waals surface area contributed by atoms with E-state index in [1.807, 2.05) is 19.1 Å². The van der Waals surface area contributed by atoms with Crippen molar-refractivity contribution in [3.05, 3.63) is 39.3 Å². The highest BCUT2D eigenvalue weighted by Crippen LogP contribution is 2.39. The second kappa shape index (κ2) is 6.86. The highest BCUT2D eigenvalue weighted by molar-refractivity contribution is 7.09. The normalized spacial score (nSPS) is 17.8. The summed E-state index contributed by atoms with van der Waals surface area (Å²) in [6.45, 7) is 4.22. The fraction of sp³-hybridized carbons (Fsp3) is 0.471. The molecule has 1 atom stereocenters. The molecule has 1 aromatic carbocycles. The minimum absolute atomic E-state index is 0.569. The van der Waals surface area contributed by atoms with Gasteiger partial charge in [-0.2, -0.15) is 0 Å². The number of hydrogen-bond acceptors (Lipinski definition) is 6. The number of hydrogen-bond donors (Lipinski definition) is 1. The Morgan fingerprint density at radius 1 is 1.30 bits per heavy atom. The second-order valence-corrected chi connectivity index (χ2v) is 6.78. The van der Waals surface area contributed by atoms with Gasteiger partial charge >= 0.3 is 0 Å². The number of benzene rings is 1. The average Bonchev–Trinajstić information content (AvgIpc) is 2.97. The summed E-state index contributed by atoms with van der Waals surface area (Å²) >= 11 is 1.68. The summed E-state index contributed by atoms with van der Waals surface area (Å²) in [5.74, 6) is 1.53. The Morgan fingerprint density at radius 2 is 2.04 bits per heavy atom. The third kappa shape index (κ3) is 3.34. The molecule has 124 valence electrons. The average molecular weight is 334 g/mol. The molecule has 0 saturated carbocycles. The molecule has 1 N–H and O–H groups in total. The Hall–Kier alpha value is -1.63. The molecule has 0 spiro atoms. The van der Waals surface area contributed by atoms with Crippen molar-refractivity contribution in [1.82, 2.24) is 9.88 Å². The molecule has 0 aliphatic carbocycles. The maximum Gasteiger partial charge on any atom is 0.125 e. The number of methoxy groups -OCH3 is 2. The molecule has 0 bridgehead atoms. The van der Waals surface area contributed by atoms with Crippen LogP contribution in [0.5, 0.6) is 11.5 Å². The summed E-state index contributed by atoms with van der Waals surface area (Å²) in [6, 6.07) is 3.76. The maximum absolute atomic E-state index is 10.6. The van der Waals surface area contributed by atoms with Gasteiger partial charge in [-0.05, 0) is 19.1 Å². The number of ether oxygens (including phenoxy) is 2. The molecular formula is C17H22N2O3S. The highest BCUT2D eigenvalue weighted by atomic mass is 32.1. The summed E-state index contributed by atoms with van der Waals surface area (Å²) < 4.78 is 10.9. The lowest BCUT2D eigenvalue weighted by Gasteiger charge is -2.33. The zero-order valence-corrected chi connectivity index (χ0v) is 14.5. The zero-order valence-electron chi connectivity index (χ0n) is 13.7. The lowest BCUT2D eigenvalue weighted by Crippen LogP contribution is -2.35. The van der Waals surface area contributed by atoms with Gasteiger partial charge < -0.3 is 14.6 Å². The van der Waals surface area contributed by atoms with Gasteiger partial charge in [-0.3, -0.25) is 4.90 Å². The van der Waals surface area contributed by atoms with E-state index in [0.29, 0.717) is 6.54 Å². The van der Waals surface area contributed by atoms with Crippen molar-refractivity contribution in [1.29, 1.82) is 0 Å². The highest BCUT2D eigenvalue weighted by Gasteiger charge is 2.29. The maximum atomic E-state index is 10.6. The van der Waals surface area contributed by atoms with Crippen molar-refractivity contribution in [2.75, 3.05) is 27.3 Å². The Balaban J connectivity index is 1.79. The third-order valence-corrected chi connectivity index (χ3v) is 5.03. The predicted octanol–water partition coefficient (Wildman–Crippen LogP) is 2.56. The number of aliphatic hydroxyl groups excluding tert-OH is 1. The van der Waals surface area contributed by atoms with Crippen LogP contribution in [0.2, 0.25) is 0 Å². The smallest absolute Gasteiger partial charge is 0.125 e. The van der Waals surface area contributed by atoms with Gasteiger partial charge in [0.05, 0.1) is 31.0 Å². The van der Waals surface area contributed by atoms with Gasteiger partial charge in [-0.15, -0.1) is 11.3 Å². The van der Waals surface area contributed by atoms with Crippen LogP contribution in [-0.2, 0) is 13.0 Å². The molecule has 1 aromatic heterocycles. The van der Waals surface area contributed by atoms with E-state index in [1.165, 1.54) is 0 Å². The molecule has 5 nitrogen and oxygen atoms in total. The number of aryl methyl sites for hydroxylation is 1. The molecule has 1 aliphatic rings. The predicted molar refractivity (Wildman–Crippen MR) is 90.3 cm³/mol. The Morgan fingerprint density at radius 3 is 2.70 bits per heavy atom. The van der Waals surface area contributed by atoms with Crippen LogP contribution in [-0.4, -0.2) is 42.3 Å². The van der Waals surface area contributed by atoms with Crippen LogP contribution in [0, 0.1) is 6.92 Å². The number of thiazole rings is 1. The number of aliphatic hydroxyl groups is 1. The topological polar surface area (TPSA) is 54.8 Å². The summed E-state index contributed by atoms with van der Waals surface area (Å²) in [4.78, 5) is 6.74. The van der Waals surface area contributed by atoms with Crippen LogP contribution in [0.25, 0.3) is 0 Å². The van der Waals surface area contributed by atoms with Gasteiger partial charge in [-0.25, -0.2) is 4.98 Å². The van der Waals surface area contributed by atoms with Crippen LogP contribution in [0.15, 0.2) is 17.5 Å². The number of aromatic nitrogens is 1. The number of β-amino-alcohol motifs (C(OH)–C–C–N with tert-alkyl or cyclic N) is 1. The van der Waals surface area contributed by atoms with Crippen molar-refractivity contribution in [3.8, 4) is 11.5 Å². The van der Waals surface area contributed by atoms with Gasteiger partial charge in [0.2, 0.25) is 0 Å². The molecule has 2 heterocycles. The number of fused-ring (bicyclic) bond motifs is 1. The van der Waals surface area contributed by atoms with Crippen molar-refractivity contribution < 1.29 is 14.6 Å². The fourth-order valence-corrected chi connectivity index (χ4v) is 3.76. The van der Waals surface area contributed by atoms with Crippen molar-refractivity contribution in [2.24, 2.45) is 0 Å². The first-order chi connectivity index (χ1) is 11.1. The van der Waals surface area contributed by atoms with Gasteiger partial charge in [-0.1, -0.05) is 0 Å². The van der Waals surface area contributed by atoms with Crippen molar-refractivity contribution >= 4 is 11.3 Å². The van der Waals surface area contributed by atoms with E-state index in [0.717, 1.165) is 52.8 Å². The minimum atomic E-state index is -0.569. The van der Waals surface area contributed by atoms with Crippen LogP contribution in [0.3, 0.4) is 0 Å². The Kier molecular flexibility index (Phi) is 4.84. The van der Waals surface area contributed by atoms with Crippen molar-refractivity contribution in [3.63, 3.8) is 0 Å². The first-order valence-electron chi connectivity index (χ1n) is 7.67. The quantitative estimate of drug-likeness (QED) is 0.911. The molecular weight excluding hydrogens is 312 g/mol. The second-order valence-electron chi connectivity index (χ2n) is 5.72. The summed E-state index contributed by atoms with van der Waals surface area (Å²) in [6.07, 6.45) is 0.319. The Labute approximate surface area is 140 Å². The van der Waals surface area contributed by atoms with Crippen LogP contribution >= 0.6 is 11.3 Å². The van der Waals surface area contributed by atoms with Crippen LogP contribution in [0.4, 0.5) is 0 Å². The molecule has 2 aromatic rings. The van der Waals surface area contributed by atoms with Gasteiger partial charge in [0, 0.05) is 42.6 Å². The molecule has 23 heavy (non-hydrogen) atoms. The van der Waals surface area contributed by atoms with Gasteiger partial charge in [0.15, 0.2) is 0 Å². The Bertz CT molecular complexity index is 686. The monoisotopic (exact) mass is 334 g/mol. The molecule has 3 rings (SSSR count). The van der Waals surface area contributed by atoms with E-state index in [2.05, 4.69) is 15.3 Å². The summed E-state index contributed by atoms with van der Waals surface area (Å²) in [7, 11) is 3.29. The first kappa shape index (κ1) is 16.2. The van der Waals surface area contributed by atoms with E-state index in [4.69, 9.17) is 9.47 Å². The van der Waals surface area contributed by atoms with E-state index in [-0.39, 0.29) is 0 Å². The van der Waals surface area contributed by atoms with Gasteiger partial charge in [0.25, 0.3) is 0 Å². The number of nitrogens with zero attached hydrogens (tertiary/aromatic N) is 2. The lowest BCUT2D eigenvalue weighted by molar-refractivity contribution is 0.0890. The van der Waals surface area contributed by atoms with Crippen molar-refractivity contribution in [2.45, 2.75) is 26.0 Å². The molecule has 0 amide bonds. The fourth-order valence-electron chi connectivity index (χ4n) is 3.11. The third-order valence-electron chi connectivity index (χ3n) is 4.21. The molecule has 0 saturated heterocycles. The van der Waals surface area contributed by atoms with Crippen LogP contribution < -0.4 is 9.47 Å². The van der Waals surface area contributed by atoms with E-state index >= 15 is 0 Å². The number of rotatable bonds is 5. The van der Waals surface area contributed by atoms with Gasteiger partial charge in [0.1, 0.15) is 11.5 Å². The molecule has 0 fully saturated rings. The van der Waals surface area contributed by atoms with Crippen LogP contribution in [0.1, 0.15) is 27.9 Å². The zero-order chi connectivity index (χ0) is 16.4.